The van der Waals surface area contributed by atoms with E-state index in [1.54, 1.807) is 42.9 Å². The summed E-state index contributed by atoms with van der Waals surface area (Å²) >= 11 is 5.81. The van der Waals surface area contributed by atoms with Gasteiger partial charge in [-0.1, -0.05) is 11.6 Å². The van der Waals surface area contributed by atoms with Crippen LogP contribution in [-0.4, -0.2) is 16.0 Å². The van der Waals surface area contributed by atoms with Crippen molar-refractivity contribution in [2.75, 3.05) is 10.6 Å². The van der Waals surface area contributed by atoms with Crippen molar-refractivity contribution in [1.82, 2.24) is 9.97 Å². The quantitative estimate of drug-likeness (QED) is 0.803. The Labute approximate surface area is 103 Å². The molecule has 2 amide bonds. The first-order chi connectivity index (χ1) is 8.25. The molecule has 2 heterocycles. The zero-order valence-corrected chi connectivity index (χ0v) is 9.48. The summed E-state index contributed by atoms with van der Waals surface area (Å²) in [4.78, 5) is 19.3. The van der Waals surface area contributed by atoms with E-state index in [1.807, 2.05) is 0 Å². The Morgan fingerprint density at radius 1 is 1.18 bits per heavy atom. The monoisotopic (exact) mass is 248 g/mol. The highest BCUT2D eigenvalue weighted by atomic mass is 35.5. The molecule has 0 saturated heterocycles. The number of hydrogen-bond acceptors (Lipinski definition) is 3. The summed E-state index contributed by atoms with van der Waals surface area (Å²) in [7, 11) is 0. The van der Waals surface area contributed by atoms with E-state index in [4.69, 9.17) is 11.6 Å². The number of urea groups is 1. The van der Waals surface area contributed by atoms with Crippen molar-refractivity contribution in [3.63, 3.8) is 0 Å². The topological polar surface area (TPSA) is 66.9 Å². The third kappa shape index (κ3) is 3.15. The van der Waals surface area contributed by atoms with Gasteiger partial charge in [-0.2, -0.15) is 0 Å². The first kappa shape index (κ1) is 11.3. The summed E-state index contributed by atoms with van der Waals surface area (Å²) < 4.78 is 0. The van der Waals surface area contributed by atoms with Crippen molar-refractivity contribution in [3.8, 4) is 0 Å². The molecule has 2 aromatic heterocycles. The zero-order valence-electron chi connectivity index (χ0n) is 8.72. The van der Waals surface area contributed by atoms with E-state index in [-0.39, 0.29) is 5.15 Å². The summed E-state index contributed by atoms with van der Waals surface area (Å²) in [6, 6.07) is 6.42. The Balaban J connectivity index is 2.01. The predicted molar refractivity (Wildman–Crippen MR) is 66.1 cm³/mol. The highest BCUT2D eigenvalue weighted by molar-refractivity contribution is 6.32. The van der Waals surface area contributed by atoms with Crippen LogP contribution in [0.2, 0.25) is 5.15 Å². The van der Waals surface area contributed by atoms with E-state index in [9.17, 15) is 4.79 Å². The van der Waals surface area contributed by atoms with Crippen LogP contribution in [0.3, 0.4) is 0 Å². The minimum absolute atomic E-state index is 0.244. The molecule has 2 N–H and O–H groups in total. The van der Waals surface area contributed by atoms with Crippen molar-refractivity contribution in [2.24, 2.45) is 0 Å². The van der Waals surface area contributed by atoms with E-state index in [1.165, 1.54) is 0 Å². The molecule has 0 spiro atoms. The van der Waals surface area contributed by atoms with Gasteiger partial charge >= 0.3 is 6.03 Å². The van der Waals surface area contributed by atoms with Gasteiger partial charge in [0.05, 0.1) is 17.6 Å². The van der Waals surface area contributed by atoms with Crippen molar-refractivity contribution in [2.45, 2.75) is 0 Å². The number of hydrogen-bond donors (Lipinski definition) is 2. The zero-order chi connectivity index (χ0) is 12.1. The van der Waals surface area contributed by atoms with E-state index < -0.39 is 6.03 Å². The summed E-state index contributed by atoms with van der Waals surface area (Å²) in [5.74, 6) is 0. The number of halogens is 1. The fourth-order valence-corrected chi connectivity index (χ4v) is 1.37. The Bertz CT molecular complexity index is 518. The van der Waals surface area contributed by atoms with E-state index in [0.29, 0.717) is 11.4 Å². The maximum Gasteiger partial charge on any atom is 0.323 e. The number of carbonyl (C=O) groups is 1. The second-order valence-corrected chi connectivity index (χ2v) is 3.52. The van der Waals surface area contributed by atoms with Gasteiger partial charge in [-0.25, -0.2) is 9.78 Å². The molecule has 0 saturated carbocycles. The molecular formula is C11H9ClN4O. The number of amides is 2. The molecule has 0 aromatic carbocycles. The van der Waals surface area contributed by atoms with Crippen LogP contribution >= 0.6 is 11.6 Å². The highest BCUT2D eigenvalue weighted by Crippen LogP contribution is 2.17. The van der Waals surface area contributed by atoms with Crippen LogP contribution in [0.15, 0.2) is 42.9 Å². The van der Waals surface area contributed by atoms with Crippen LogP contribution < -0.4 is 10.6 Å². The Hall–Kier alpha value is -2.14. The van der Waals surface area contributed by atoms with Crippen LogP contribution in [0, 0.1) is 0 Å². The molecule has 0 radical (unpaired) electrons. The van der Waals surface area contributed by atoms with E-state index in [0.717, 1.165) is 0 Å². The third-order valence-corrected chi connectivity index (χ3v) is 2.23. The van der Waals surface area contributed by atoms with Crippen molar-refractivity contribution in [1.29, 1.82) is 0 Å². The first-order valence-corrected chi connectivity index (χ1v) is 5.22. The van der Waals surface area contributed by atoms with Gasteiger partial charge in [0.1, 0.15) is 0 Å². The molecule has 0 unspecified atom stereocenters. The summed E-state index contributed by atoms with van der Waals surface area (Å²) in [6.07, 6.45) is 4.72. The second-order valence-electron chi connectivity index (χ2n) is 3.16. The highest BCUT2D eigenvalue weighted by Gasteiger charge is 2.05. The normalized spacial score (nSPS) is 9.71. The van der Waals surface area contributed by atoms with Gasteiger partial charge in [-0.3, -0.25) is 4.98 Å². The van der Waals surface area contributed by atoms with Gasteiger partial charge in [-0.05, 0) is 24.3 Å². The minimum atomic E-state index is -0.395. The van der Waals surface area contributed by atoms with Crippen LogP contribution in [0.1, 0.15) is 0 Å². The number of aromatic nitrogens is 2. The molecule has 0 aliphatic heterocycles. The van der Waals surface area contributed by atoms with Crippen molar-refractivity contribution >= 4 is 29.0 Å². The molecule has 86 valence electrons. The number of nitrogens with zero attached hydrogens (tertiary/aromatic N) is 2. The molecule has 0 atom stereocenters. The van der Waals surface area contributed by atoms with Crippen LogP contribution in [0.25, 0.3) is 0 Å². The molecule has 2 aromatic rings. The van der Waals surface area contributed by atoms with Gasteiger partial charge in [-0.15, -0.1) is 0 Å². The average molecular weight is 249 g/mol. The Morgan fingerprint density at radius 3 is 2.71 bits per heavy atom. The lowest BCUT2D eigenvalue weighted by Crippen LogP contribution is -2.19. The second kappa shape index (κ2) is 5.27. The number of rotatable bonds is 2. The van der Waals surface area contributed by atoms with Gasteiger partial charge in [0.2, 0.25) is 0 Å². The summed E-state index contributed by atoms with van der Waals surface area (Å²) in [6.45, 7) is 0. The molecule has 0 aliphatic rings. The fraction of sp³-hybridized carbons (Fsp3) is 0. The number of anilines is 2. The molecule has 6 heteroatoms. The van der Waals surface area contributed by atoms with Crippen LogP contribution in [0.4, 0.5) is 16.2 Å². The molecule has 2 rings (SSSR count). The number of nitrogens with one attached hydrogen (secondary N) is 2. The molecule has 0 aliphatic carbocycles. The smallest absolute Gasteiger partial charge is 0.306 e. The molecule has 17 heavy (non-hydrogen) atoms. The van der Waals surface area contributed by atoms with Gasteiger partial charge in [0.25, 0.3) is 0 Å². The predicted octanol–water partition coefficient (Wildman–Crippen LogP) is 2.77. The maximum absolute atomic E-state index is 11.6. The lowest BCUT2D eigenvalue weighted by Gasteiger charge is -2.07. The molecule has 0 bridgehead atoms. The standard InChI is InChI=1S/C11H9ClN4O/c12-10-9(4-2-6-14-10)16-11(17)15-8-3-1-5-13-7-8/h1-7H,(H2,15,16,17). The van der Waals surface area contributed by atoms with Gasteiger partial charge in [0, 0.05) is 12.4 Å². The fourth-order valence-electron chi connectivity index (χ4n) is 1.20. The maximum atomic E-state index is 11.6. The molecule has 5 nitrogen and oxygen atoms in total. The van der Waals surface area contributed by atoms with E-state index in [2.05, 4.69) is 20.6 Å². The average Bonchev–Trinajstić information content (AvgIpc) is 2.33. The molecular weight excluding hydrogens is 240 g/mol. The third-order valence-electron chi connectivity index (χ3n) is 1.93. The largest absolute Gasteiger partial charge is 0.323 e. The molecule has 0 fully saturated rings. The van der Waals surface area contributed by atoms with Crippen LogP contribution in [-0.2, 0) is 0 Å². The SMILES string of the molecule is O=C(Nc1cccnc1)Nc1cccnc1Cl. The van der Waals surface area contributed by atoms with Crippen molar-refractivity contribution in [3.05, 3.63) is 48.0 Å². The lowest BCUT2D eigenvalue weighted by atomic mass is 10.4. The first-order valence-electron chi connectivity index (χ1n) is 4.84. The lowest BCUT2D eigenvalue weighted by molar-refractivity contribution is 0.262. The number of carbonyl (C=O) groups excluding carboxylic acids is 1. The van der Waals surface area contributed by atoms with Gasteiger partial charge < -0.3 is 10.6 Å². The van der Waals surface area contributed by atoms with Crippen LogP contribution in [0.5, 0.6) is 0 Å². The summed E-state index contributed by atoms with van der Waals surface area (Å²) in [5.41, 5.74) is 1.06. The van der Waals surface area contributed by atoms with Crippen molar-refractivity contribution < 1.29 is 4.79 Å². The van der Waals surface area contributed by atoms with Gasteiger partial charge in [0.15, 0.2) is 5.15 Å². The Morgan fingerprint density at radius 2 is 2.00 bits per heavy atom. The Kier molecular flexibility index (Phi) is 3.52. The number of pyridine rings is 2. The minimum Gasteiger partial charge on any atom is -0.306 e. The summed E-state index contributed by atoms with van der Waals surface area (Å²) in [5, 5.41) is 5.45. The van der Waals surface area contributed by atoms with E-state index >= 15 is 0 Å².